The molecule has 0 aliphatic rings. The van der Waals surface area contributed by atoms with Crippen LogP contribution in [0.15, 0.2) is 45.7 Å². The molecule has 0 radical (unpaired) electrons. The molecule has 0 spiro atoms. The molecule has 0 unspecified atom stereocenters. The van der Waals surface area contributed by atoms with Crippen molar-refractivity contribution in [3.05, 3.63) is 51.4 Å². The molecule has 0 fully saturated rings. The van der Waals surface area contributed by atoms with Crippen molar-refractivity contribution < 1.29 is 18.7 Å². The van der Waals surface area contributed by atoms with Crippen LogP contribution in [-0.2, 0) is 11.3 Å². The number of nitrogens with zero attached hydrogens (tertiary/aromatic N) is 3. The summed E-state index contributed by atoms with van der Waals surface area (Å²) in [4.78, 5) is 22.9. The lowest BCUT2D eigenvalue weighted by Gasteiger charge is -2.07. The molecule has 0 saturated heterocycles. The van der Waals surface area contributed by atoms with Crippen molar-refractivity contribution in [2.24, 2.45) is 5.73 Å². The van der Waals surface area contributed by atoms with Crippen LogP contribution in [0.3, 0.4) is 0 Å². The van der Waals surface area contributed by atoms with Crippen molar-refractivity contribution in [3.8, 4) is 11.4 Å². The lowest BCUT2D eigenvalue weighted by molar-refractivity contribution is 0.164. The van der Waals surface area contributed by atoms with Crippen molar-refractivity contribution in [1.29, 1.82) is 0 Å². The average Bonchev–Trinajstić information content (AvgIpc) is 2.92. The molecular formula is C14H14BrFN4O4. The number of methoxy groups -OCH3 is 1. The first-order valence-corrected chi connectivity index (χ1v) is 7.44. The van der Waals surface area contributed by atoms with Gasteiger partial charge in [-0.3, -0.25) is 0 Å². The van der Waals surface area contributed by atoms with Gasteiger partial charge in [0.25, 0.3) is 0 Å². The summed E-state index contributed by atoms with van der Waals surface area (Å²) >= 11 is 3.32. The third kappa shape index (κ3) is 4.02. The second-order valence-electron chi connectivity index (χ2n) is 4.64. The highest BCUT2D eigenvalue weighted by Gasteiger charge is 2.11. The van der Waals surface area contributed by atoms with Gasteiger partial charge in [0.1, 0.15) is 18.7 Å². The number of carbonyl (C=O) groups is 1. The first-order valence-electron chi connectivity index (χ1n) is 6.65. The molecule has 24 heavy (non-hydrogen) atoms. The van der Waals surface area contributed by atoms with Crippen LogP contribution in [0.5, 0.6) is 5.75 Å². The van der Waals surface area contributed by atoms with Crippen molar-refractivity contribution in [3.63, 3.8) is 0 Å². The highest BCUT2D eigenvalue weighted by molar-refractivity contribution is 9.10. The second-order valence-corrected chi connectivity index (χ2v) is 5.49. The third-order valence-corrected chi connectivity index (χ3v) is 3.71. The summed E-state index contributed by atoms with van der Waals surface area (Å²) in [7, 11) is 1.51. The van der Waals surface area contributed by atoms with Crippen LogP contribution in [-0.4, -0.2) is 34.2 Å². The molecule has 10 heteroatoms. The summed E-state index contributed by atoms with van der Waals surface area (Å²) in [6.45, 7) is -0.541. The van der Waals surface area contributed by atoms with Crippen LogP contribution < -0.4 is 16.2 Å². The predicted molar refractivity (Wildman–Crippen MR) is 86.8 cm³/mol. The molecule has 8 nitrogen and oxygen atoms in total. The zero-order chi connectivity index (χ0) is 17.7. The Hall–Kier alpha value is -2.62. The van der Waals surface area contributed by atoms with E-state index in [2.05, 4.69) is 25.8 Å². The molecule has 0 aliphatic carbocycles. The van der Waals surface area contributed by atoms with E-state index in [1.165, 1.54) is 18.0 Å². The van der Waals surface area contributed by atoms with E-state index in [-0.39, 0.29) is 25.1 Å². The number of ether oxygens (including phenoxy) is 2. The molecule has 0 aliphatic heterocycles. The summed E-state index contributed by atoms with van der Waals surface area (Å²) in [5.41, 5.74) is 4.90. The minimum Gasteiger partial charge on any atom is -0.495 e. The Kier molecular flexibility index (Phi) is 5.74. The number of rotatable bonds is 6. The largest absolute Gasteiger partial charge is 0.495 e. The predicted octanol–water partition coefficient (Wildman–Crippen LogP) is 1.75. The highest BCUT2D eigenvalue weighted by Crippen LogP contribution is 2.26. The van der Waals surface area contributed by atoms with E-state index < -0.39 is 11.8 Å². The Labute approximate surface area is 144 Å². The number of primary amides is 1. The van der Waals surface area contributed by atoms with Crippen molar-refractivity contribution in [2.75, 3.05) is 13.7 Å². The molecule has 1 amide bonds. The molecule has 128 valence electrons. The van der Waals surface area contributed by atoms with Crippen molar-refractivity contribution in [2.45, 2.75) is 6.54 Å². The van der Waals surface area contributed by atoms with Gasteiger partial charge in [-0.25, -0.2) is 23.2 Å². The smallest absolute Gasteiger partial charge is 0.404 e. The molecule has 0 atom stereocenters. The first kappa shape index (κ1) is 17.7. The number of amides is 1. The van der Waals surface area contributed by atoms with Gasteiger partial charge in [-0.2, -0.15) is 5.10 Å². The van der Waals surface area contributed by atoms with Crippen LogP contribution >= 0.6 is 15.9 Å². The Morgan fingerprint density at radius 2 is 2.25 bits per heavy atom. The van der Waals surface area contributed by atoms with Gasteiger partial charge in [-0.1, -0.05) is 0 Å². The summed E-state index contributed by atoms with van der Waals surface area (Å²) in [5.74, 6) is 0.548. The Morgan fingerprint density at radius 1 is 1.50 bits per heavy atom. The molecule has 2 N–H and O–H groups in total. The molecule has 1 heterocycles. The van der Waals surface area contributed by atoms with Crippen molar-refractivity contribution >= 4 is 22.0 Å². The van der Waals surface area contributed by atoms with Gasteiger partial charge in [-0.05, 0) is 28.1 Å². The van der Waals surface area contributed by atoms with Crippen LogP contribution in [0.4, 0.5) is 9.18 Å². The SMILES string of the molecule is COc1cc(-n2cnn(C/C(=C/F)COC(N)=O)c2=O)ccc1Br. The Balaban J connectivity index is 2.25. The van der Waals surface area contributed by atoms with Gasteiger partial charge in [0.2, 0.25) is 0 Å². The van der Waals surface area contributed by atoms with Crippen LogP contribution in [0.2, 0.25) is 0 Å². The zero-order valence-electron chi connectivity index (χ0n) is 12.6. The van der Waals surface area contributed by atoms with Crippen LogP contribution in [0.1, 0.15) is 0 Å². The first-order chi connectivity index (χ1) is 11.5. The summed E-state index contributed by atoms with van der Waals surface area (Å²) in [6.07, 6.45) is 0.515. The Morgan fingerprint density at radius 3 is 2.88 bits per heavy atom. The Bertz CT molecular complexity index is 830. The lowest BCUT2D eigenvalue weighted by atomic mass is 10.3. The van der Waals surface area contributed by atoms with Gasteiger partial charge in [-0.15, -0.1) is 0 Å². The fourth-order valence-corrected chi connectivity index (χ4v) is 2.30. The lowest BCUT2D eigenvalue weighted by Crippen LogP contribution is -2.26. The van der Waals surface area contributed by atoms with E-state index in [0.29, 0.717) is 11.4 Å². The molecule has 1 aromatic heterocycles. The third-order valence-electron chi connectivity index (χ3n) is 3.05. The van der Waals surface area contributed by atoms with Gasteiger partial charge in [0.05, 0.1) is 30.1 Å². The zero-order valence-corrected chi connectivity index (χ0v) is 14.2. The summed E-state index contributed by atoms with van der Waals surface area (Å²) in [5, 5.41) is 3.92. The fourth-order valence-electron chi connectivity index (χ4n) is 1.89. The molecular weight excluding hydrogens is 387 g/mol. The number of hydrogen-bond donors (Lipinski definition) is 1. The van der Waals surface area contributed by atoms with E-state index in [4.69, 9.17) is 10.5 Å². The topological polar surface area (TPSA) is 101 Å². The molecule has 2 rings (SSSR count). The molecule has 0 saturated carbocycles. The summed E-state index contributed by atoms with van der Waals surface area (Å²) in [6, 6.07) is 5.08. The van der Waals surface area contributed by atoms with E-state index in [9.17, 15) is 14.0 Å². The fraction of sp³-hybridized carbons (Fsp3) is 0.214. The van der Waals surface area contributed by atoms with Gasteiger partial charge >= 0.3 is 11.8 Å². The maximum absolute atomic E-state index is 12.8. The quantitative estimate of drug-likeness (QED) is 0.795. The number of benzene rings is 1. The van der Waals surface area contributed by atoms with E-state index >= 15 is 0 Å². The molecule has 2 aromatic rings. The number of halogens is 2. The molecule has 1 aromatic carbocycles. The maximum Gasteiger partial charge on any atom is 0.404 e. The monoisotopic (exact) mass is 400 g/mol. The minimum atomic E-state index is -1.03. The standard InChI is InChI=1S/C14H14BrFN4O4/c1-23-12-4-10(2-3-11(12)15)19-8-18-20(14(19)22)6-9(5-16)7-24-13(17)21/h2-5,8H,6-7H2,1H3,(H2,17,21)/b9-5-. The maximum atomic E-state index is 12.8. The number of hydrogen-bond acceptors (Lipinski definition) is 5. The van der Waals surface area contributed by atoms with Crippen LogP contribution in [0.25, 0.3) is 5.69 Å². The number of aromatic nitrogens is 3. The van der Waals surface area contributed by atoms with Gasteiger partial charge in [0.15, 0.2) is 0 Å². The van der Waals surface area contributed by atoms with Gasteiger partial charge < -0.3 is 15.2 Å². The van der Waals surface area contributed by atoms with Gasteiger partial charge in [0, 0.05) is 11.6 Å². The minimum absolute atomic E-state index is 0.0366. The number of nitrogens with two attached hydrogens (primary N) is 1. The second kappa shape index (κ2) is 7.77. The highest BCUT2D eigenvalue weighted by atomic mass is 79.9. The summed E-state index contributed by atoms with van der Waals surface area (Å²) < 4.78 is 25.6. The van der Waals surface area contributed by atoms with Crippen molar-refractivity contribution in [1.82, 2.24) is 14.3 Å². The van der Waals surface area contributed by atoms with E-state index in [0.717, 1.165) is 9.15 Å². The molecule has 0 bridgehead atoms. The van der Waals surface area contributed by atoms with E-state index in [1.54, 1.807) is 18.2 Å². The van der Waals surface area contributed by atoms with Crippen LogP contribution in [0, 0.1) is 0 Å². The van der Waals surface area contributed by atoms with E-state index in [1.807, 2.05) is 0 Å². The normalized spacial score (nSPS) is 11.4. The number of carbonyl (C=O) groups excluding carboxylic acids is 1. The average molecular weight is 401 g/mol.